The number of aromatic nitrogens is 1. The smallest absolute Gasteiger partial charge is 0.267 e. The molecule has 0 radical (unpaired) electrons. The van der Waals surface area contributed by atoms with Crippen LogP contribution in [0.4, 0.5) is 0 Å². The Morgan fingerprint density at radius 3 is 2.62 bits per heavy atom. The van der Waals surface area contributed by atoms with Crippen LogP contribution >= 0.6 is 15.9 Å². The van der Waals surface area contributed by atoms with Gasteiger partial charge in [-0.05, 0) is 30.3 Å². The van der Waals surface area contributed by atoms with Gasteiger partial charge in [-0.2, -0.15) is 0 Å². The van der Waals surface area contributed by atoms with Crippen LogP contribution in [0.2, 0.25) is 0 Å². The molecule has 2 N–H and O–H groups in total. The van der Waals surface area contributed by atoms with E-state index in [1.807, 2.05) is 24.3 Å². The van der Waals surface area contributed by atoms with E-state index in [2.05, 4.69) is 31.2 Å². The van der Waals surface area contributed by atoms with E-state index < -0.39 is 15.9 Å². The molecule has 0 aliphatic rings. The lowest BCUT2D eigenvalue weighted by molar-refractivity contribution is 0.0945. The summed E-state index contributed by atoms with van der Waals surface area (Å²) in [7, 11) is -3.86. The minimum atomic E-state index is -3.86. The van der Waals surface area contributed by atoms with Crippen LogP contribution in [0, 0.1) is 0 Å². The van der Waals surface area contributed by atoms with Gasteiger partial charge in [0.15, 0.2) is 0 Å². The summed E-state index contributed by atoms with van der Waals surface area (Å²) in [6.07, 6.45) is 1.39. The fraction of sp³-hybridized carbons (Fsp3) is 0. The zero-order valence-electron chi connectivity index (χ0n) is 12.2. The first-order valence-electron chi connectivity index (χ1n) is 6.88. The third-order valence-electron chi connectivity index (χ3n) is 3.26. The second-order valence-electron chi connectivity index (χ2n) is 4.93. The van der Waals surface area contributed by atoms with E-state index in [0.717, 1.165) is 10.9 Å². The second-order valence-corrected chi connectivity index (χ2v) is 7.53. The molecule has 0 spiro atoms. The van der Waals surface area contributed by atoms with Crippen molar-refractivity contribution in [3.63, 3.8) is 0 Å². The SMILES string of the molecule is O=C(NNS(=O)(=O)c1cccc(Br)c1)c1cnc2ccccc2c1. The molecule has 0 aliphatic carbocycles. The molecule has 0 aliphatic heterocycles. The number of nitrogens with one attached hydrogen (secondary N) is 2. The van der Waals surface area contributed by atoms with Gasteiger partial charge in [-0.1, -0.05) is 40.2 Å². The predicted molar refractivity (Wildman–Crippen MR) is 93.7 cm³/mol. The van der Waals surface area contributed by atoms with E-state index in [1.54, 1.807) is 18.2 Å². The summed E-state index contributed by atoms with van der Waals surface area (Å²) in [5, 5.41) is 0.792. The van der Waals surface area contributed by atoms with Gasteiger partial charge in [0.05, 0.1) is 16.0 Å². The third kappa shape index (κ3) is 3.61. The summed E-state index contributed by atoms with van der Waals surface area (Å²) in [5.74, 6) is -0.591. The van der Waals surface area contributed by atoms with E-state index in [-0.39, 0.29) is 10.5 Å². The number of halogens is 1. The monoisotopic (exact) mass is 405 g/mol. The number of hydrazine groups is 1. The number of carbonyl (C=O) groups is 1. The largest absolute Gasteiger partial charge is 0.273 e. The summed E-state index contributed by atoms with van der Waals surface area (Å²) >= 11 is 3.21. The molecule has 8 heteroatoms. The van der Waals surface area contributed by atoms with Crippen molar-refractivity contribution in [3.8, 4) is 0 Å². The molecule has 0 saturated heterocycles. The number of amides is 1. The van der Waals surface area contributed by atoms with Gasteiger partial charge < -0.3 is 0 Å². The van der Waals surface area contributed by atoms with Gasteiger partial charge in [-0.25, -0.2) is 8.42 Å². The minimum absolute atomic E-state index is 0.0359. The molecule has 1 amide bonds. The van der Waals surface area contributed by atoms with Crippen molar-refractivity contribution in [2.45, 2.75) is 4.90 Å². The Morgan fingerprint density at radius 1 is 1.04 bits per heavy atom. The fourth-order valence-electron chi connectivity index (χ4n) is 2.07. The van der Waals surface area contributed by atoms with Gasteiger partial charge in [0.1, 0.15) is 0 Å². The first-order valence-corrected chi connectivity index (χ1v) is 9.16. The van der Waals surface area contributed by atoms with E-state index in [0.29, 0.717) is 4.47 Å². The summed E-state index contributed by atoms with van der Waals surface area (Å²) in [5.41, 5.74) is 3.20. The van der Waals surface area contributed by atoms with Crippen LogP contribution < -0.4 is 10.3 Å². The fourth-order valence-corrected chi connectivity index (χ4v) is 3.51. The molecular formula is C16H12BrN3O3S. The number of carbonyl (C=O) groups excluding carboxylic acids is 1. The van der Waals surface area contributed by atoms with Crippen LogP contribution in [0.25, 0.3) is 10.9 Å². The Bertz CT molecular complexity index is 1020. The summed E-state index contributed by atoms with van der Waals surface area (Å²) in [6.45, 7) is 0. The van der Waals surface area contributed by atoms with Crippen LogP contribution in [0.1, 0.15) is 10.4 Å². The molecule has 24 heavy (non-hydrogen) atoms. The average molecular weight is 406 g/mol. The molecule has 122 valence electrons. The third-order valence-corrected chi connectivity index (χ3v) is 5.00. The average Bonchev–Trinajstić information content (AvgIpc) is 2.59. The molecule has 6 nitrogen and oxygen atoms in total. The van der Waals surface area contributed by atoms with Crippen LogP contribution in [-0.4, -0.2) is 19.3 Å². The van der Waals surface area contributed by atoms with Crippen molar-refractivity contribution in [2.75, 3.05) is 0 Å². The lowest BCUT2D eigenvalue weighted by Gasteiger charge is -2.09. The van der Waals surface area contributed by atoms with Crippen molar-refractivity contribution in [3.05, 3.63) is 70.8 Å². The second kappa shape index (κ2) is 6.68. The highest BCUT2D eigenvalue weighted by atomic mass is 79.9. The number of benzene rings is 2. The molecule has 1 aromatic heterocycles. The Hall–Kier alpha value is -2.29. The highest BCUT2D eigenvalue weighted by Gasteiger charge is 2.16. The molecule has 2 aromatic carbocycles. The van der Waals surface area contributed by atoms with Crippen molar-refractivity contribution in [1.82, 2.24) is 15.2 Å². The summed E-state index contributed by atoms with van der Waals surface area (Å²) in [6, 6.07) is 15.1. The van der Waals surface area contributed by atoms with E-state index in [4.69, 9.17) is 0 Å². The maximum atomic E-state index is 12.2. The van der Waals surface area contributed by atoms with Gasteiger partial charge in [0, 0.05) is 16.1 Å². The van der Waals surface area contributed by atoms with Crippen molar-refractivity contribution < 1.29 is 13.2 Å². The molecule has 0 unspecified atom stereocenters. The van der Waals surface area contributed by atoms with Crippen molar-refractivity contribution >= 4 is 42.8 Å². The first kappa shape index (κ1) is 16.6. The number of hydrogen-bond acceptors (Lipinski definition) is 4. The number of pyridine rings is 1. The van der Waals surface area contributed by atoms with E-state index in [1.165, 1.54) is 18.3 Å². The molecule has 3 aromatic rings. The van der Waals surface area contributed by atoms with Gasteiger partial charge >= 0.3 is 0 Å². The van der Waals surface area contributed by atoms with E-state index in [9.17, 15) is 13.2 Å². The highest BCUT2D eigenvalue weighted by Crippen LogP contribution is 2.16. The molecule has 1 heterocycles. The Morgan fingerprint density at radius 2 is 1.83 bits per heavy atom. The molecule has 0 fully saturated rings. The number of para-hydroxylation sites is 1. The number of nitrogens with zero attached hydrogens (tertiary/aromatic N) is 1. The lowest BCUT2D eigenvalue weighted by atomic mass is 10.1. The highest BCUT2D eigenvalue weighted by molar-refractivity contribution is 9.10. The molecular weight excluding hydrogens is 394 g/mol. The Balaban J connectivity index is 1.76. The van der Waals surface area contributed by atoms with Gasteiger partial charge in [-0.15, -0.1) is 4.83 Å². The normalized spacial score (nSPS) is 11.4. The maximum Gasteiger partial charge on any atom is 0.267 e. The minimum Gasteiger partial charge on any atom is -0.273 e. The molecule has 0 bridgehead atoms. The van der Waals surface area contributed by atoms with Crippen LogP contribution in [0.5, 0.6) is 0 Å². The number of hydrogen-bond donors (Lipinski definition) is 2. The lowest BCUT2D eigenvalue weighted by Crippen LogP contribution is -2.41. The van der Waals surface area contributed by atoms with Gasteiger partial charge in [-0.3, -0.25) is 15.2 Å². The van der Waals surface area contributed by atoms with Crippen LogP contribution in [-0.2, 0) is 10.0 Å². The zero-order chi connectivity index (χ0) is 17.2. The number of sulfonamides is 1. The van der Waals surface area contributed by atoms with Crippen LogP contribution in [0.3, 0.4) is 0 Å². The van der Waals surface area contributed by atoms with Crippen molar-refractivity contribution in [2.24, 2.45) is 0 Å². The summed E-state index contributed by atoms with van der Waals surface area (Å²) in [4.78, 5) is 18.4. The standard InChI is InChI=1S/C16H12BrN3O3S/c17-13-5-3-6-14(9-13)24(22,23)20-19-16(21)12-8-11-4-1-2-7-15(11)18-10-12/h1-10,20H,(H,19,21). The van der Waals surface area contributed by atoms with Crippen LogP contribution in [0.15, 0.2) is 70.2 Å². The Labute approximate surface area is 147 Å². The molecule has 0 atom stereocenters. The predicted octanol–water partition coefficient (Wildman–Crippen LogP) is 2.62. The summed E-state index contributed by atoms with van der Waals surface area (Å²) < 4.78 is 25.0. The van der Waals surface area contributed by atoms with Gasteiger partial charge in [0.25, 0.3) is 15.9 Å². The quantitative estimate of drug-likeness (QED) is 0.652. The molecule has 0 saturated carbocycles. The first-order chi connectivity index (χ1) is 11.5. The van der Waals surface area contributed by atoms with Gasteiger partial charge in [0.2, 0.25) is 0 Å². The zero-order valence-corrected chi connectivity index (χ0v) is 14.6. The van der Waals surface area contributed by atoms with Crippen molar-refractivity contribution in [1.29, 1.82) is 0 Å². The number of fused-ring (bicyclic) bond motifs is 1. The van der Waals surface area contributed by atoms with E-state index >= 15 is 0 Å². The Kier molecular flexibility index (Phi) is 4.61. The number of rotatable bonds is 4. The molecule has 3 rings (SSSR count). The maximum absolute atomic E-state index is 12.2. The topological polar surface area (TPSA) is 88.2 Å².